The van der Waals surface area contributed by atoms with E-state index in [0.717, 1.165) is 17.7 Å². The van der Waals surface area contributed by atoms with Crippen molar-refractivity contribution in [1.82, 2.24) is 15.2 Å². The normalized spacial score (nSPS) is 11.0. The van der Waals surface area contributed by atoms with Gasteiger partial charge in [0.1, 0.15) is 10.9 Å². The number of amides is 1. The maximum atomic E-state index is 12.0. The molecule has 7 heteroatoms. The van der Waals surface area contributed by atoms with Gasteiger partial charge < -0.3 is 4.74 Å². The molecule has 0 fully saturated rings. The summed E-state index contributed by atoms with van der Waals surface area (Å²) in [6, 6.07) is 17.2. The highest BCUT2D eigenvalue weighted by molar-refractivity contribution is 6.32. The van der Waals surface area contributed by atoms with Crippen molar-refractivity contribution in [1.29, 1.82) is 0 Å². The SMILES string of the molecule is CCc1ccccc1OCC(=O)N/N=C/c1c(C)nn(-c2ccccc2)c1Cl. The van der Waals surface area contributed by atoms with Crippen molar-refractivity contribution in [3.63, 3.8) is 0 Å². The molecule has 1 N–H and O–H groups in total. The fourth-order valence-corrected chi connectivity index (χ4v) is 3.00. The van der Waals surface area contributed by atoms with Gasteiger partial charge in [0.2, 0.25) is 0 Å². The van der Waals surface area contributed by atoms with Crippen molar-refractivity contribution in [2.75, 3.05) is 6.61 Å². The van der Waals surface area contributed by atoms with Crippen LogP contribution in [0.3, 0.4) is 0 Å². The second kappa shape index (κ2) is 9.19. The van der Waals surface area contributed by atoms with E-state index >= 15 is 0 Å². The summed E-state index contributed by atoms with van der Waals surface area (Å²) in [6.07, 6.45) is 2.32. The summed E-state index contributed by atoms with van der Waals surface area (Å²) in [7, 11) is 0. The Labute approximate surface area is 168 Å². The third kappa shape index (κ3) is 4.58. The lowest BCUT2D eigenvalue weighted by Crippen LogP contribution is -2.24. The first-order chi connectivity index (χ1) is 13.6. The first-order valence-corrected chi connectivity index (χ1v) is 9.31. The van der Waals surface area contributed by atoms with Crippen molar-refractivity contribution in [3.8, 4) is 11.4 Å². The second-order valence-electron chi connectivity index (χ2n) is 6.08. The average molecular weight is 397 g/mol. The van der Waals surface area contributed by atoms with Gasteiger partial charge in [0.25, 0.3) is 5.91 Å². The monoisotopic (exact) mass is 396 g/mol. The fraction of sp³-hybridized carbons (Fsp3) is 0.190. The molecule has 0 radical (unpaired) electrons. The number of rotatable bonds is 7. The molecule has 0 saturated heterocycles. The number of benzene rings is 2. The van der Waals surface area contributed by atoms with Crippen LogP contribution in [0.15, 0.2) is 59.7 Å². The number of hydrogen-bond donors (Lipinski definition) is 1. The fourth-order valence-electron chi connectivity index (χ4n) is 2.68. The summed E-state index contributed by atoms with van der Waals surface area (Å²) >= 11 is 6.43. The summed E-state index contributed by atoms with van der Waals surface area (Å²) in [6.45, 7) is 3.75. The zero-order valence-corrected chi connectivity index (χ0v) is 16.5. The highest BCUT2D eigenvalue weighted by Gasteiger charge is 2.13. The van der Waals surface area contributed by atoms with Gasteiger partial charge in [0, 0.05) is 0 Å². The maximum Gasteiger partial charge on any atom is 0.277 e. The molecule has 0 unspecified atom stereocenters. The van der Waals surface area contributed by atoms with Crippen LogP contribution in [0.25, 0.3) is 5.69 Å². The van der Waals surface area contributed by atoms with E-state index in [1.807, 2.05) is 68.4 Å². The third-order valence-electron chi connectivity index (χ3n) is 4.14. The molecule has 0 atom stereocenters. The Morgan fingerprint density at radius 3 is 2.68 bits per heavy atom. The predicted molar refractivity (Wildman–Crippen MR) is 110 cm³/mol. The molecule has 0 aliphatic rings. The van der Waals surface area contributed by atoms with Gasteiger partial charge in [-0.1, -0.05) is 54.9 Å². The van der Waals surface area contributed by atoms with Gasteiger partial charge in [-0.25, -0.2) is 10.1 Å². The third-order valence-corrected chi connectivity index (χ3v) is 4.51. The van der Waals surface area contributed by atoms with Crippen molar-refractivity contribution in [2.45, 2.75) is 20.3 Å². The molecule has 0 aliphatic carbocycles. The molecule has 2 aromatic carbocycles. The number of carbonyl (C=O) groups is 1. The number of nitrogens with one attached hydrogen (secondary N) is 1. The van der Waals surface area contributed by atoms with Crippen LogP contribution >= 0.6 is 11.6 Å². The van der Waals surface area contributed by atoms with E-state index in [2.05, 4.69) is 15.6 Å². The zero-order valence-electron chi connectivity index (χ0n) is 15.7. The number of halogens is 1. The van der Waals surface area contributed by atoms with E-state index in [0.29, 0.717) is 22.2 Å². The van der Waals surface area contributed by atoms with Crippen molar-refractivity contribution < 1.29 is 9.53 Å². The molecular weight excluding hydrogens is 376 g/mol. The van der Waals surface area contributed by atoms with Crippen LogP contribution in [-0.2, 0) is 11.2 Å². The van der Waals surface area contributed by atoms with Crippen LogP contribution in [-0.4, -0.2) is 28.5 Å². The van der Waals surface area contributed by atoms with Gasteiger partial charge >= 0.3 is 0 Å². The Balaban J connectivity index is 1.62. The van der Waals surface area contributed by atoms with Crippen molar-refractivity contribution in [2.24, 2.45) is 5.10 Å². The number of ether oxygens (including phenoxy) is 1. The van der Waals surface area contributed by atoms with Crippen LogP contribution in [0.5, 0.6) is 5.75 Å². The number of hydrazone groups is 1. The summed E-state index contributed by atoms with van der Waals surface area (Å²) in [5.41, 5.74) is 5.70. The lowest BCUT2D eigenvalue weighted by atomic mass is 10.1. The van der Waals surface area contributed by atoms with E-state index in [-0.39, 0.29) is 12.5 Å². The molecule has 0 saturated carbocycles. The van der Waals surface area contributed by atoms with Gasteiger partial charge in [-0.05, 0) is 37.1 Å². The quantitative estimate of drug-likeness (QED) is 0.486. The average Bonchev–Trinajstić information content (AvgIpc) is 3.01. The molecule has 144 valence electrons. The van der Waals surface area contributed by atoms with Crippen LogP contribution in [0.2, 0.25) is 5.15 Å². The Kier molecular flexibility index (Phi) is 6.45. The van der Waals surface area contributed by atoms with E-state index in [9.17, 15) is 4.79 Å². The first-order valence-electron chi connectivity index (χ1n) is 8.93. The second-order valence-corrected chi connectivity index (χ2v) is 6.44. The Morgan fingerprint density at radius 1 is 1.21 bits per heavy atom. The van der Waals surface area contributed by atoms with Gasteiger partial charge in [-0.2, -0.15) is 10.2 Å². The van der Waals surface area contributed by atoms with E-state index < -0.39 is 0 Å². The molecule has 6 nitrogen and oxygen atoms in total. The topological polar surface area (TPSA) is 68.5 Å². The number of nitrogens with zero attached hydrogens (tertiary/aromatic N) is 3. The first kappa shape index (κ1) is 19.6. The summed E-state index contributed by atoms with van der Waals surface area (Å²) in [4.78, 5) is 12.0. The van der Waals surface area contributed by atoms with E-state index in [1.165, 1.54) is 6.21 Å². The van der Waals surface area contributed by atoms with Gasteiger partial charge in [0.15, 0.2) is 6.61 Å². The minimum Gasteiger partial charge on any atom is -0.483 e. The molecule has 0 bridgehead atoms. The van der Waals surface area contributed by atoms with Crippen LogP contribution < -0.4 is 10.2 Å². The summed E-state index contributed by atoms with van der Waals surface area (Å²) in [5, 5.41) is 8.84. The molecule has 3 aromatic rings. The molecule has 1 aromatic heterocycles. The highest BCUT2D eigenvalue weighted by Crippen LogP contribution is 2.22. The minimum absolute atomic E-state index is 0.121. The molecule has 28 heavy (non-hydrogen) atoms. The largest absolute Gasteiger partial charge is 0.483 e. The van der Waals surface area contributed by atoms with E-state index in [4.69, 9.17) is 16.3 Å². The Bertz CT molecular complexity index is 983. The Hall–Kier alpha value is -3.12. The lowest BCUT2D eigenvalue weighted by molar-refractivity contribution is -0.123. The molecule has 1 heterocycles. The summed E-state index contributed by atoms with van der Waals surface area (Å²) < 4.78 is 7.20. The van der Waals surface area contributed by atoms with Crippen LogP contribution in [0.4, 0.5) is 0 Å². The number of hydrogen-bond acceptors (Lipinski definition) is 4. The Morgan fingerprint density at radius 2 is 1.93 bits per heavy atom. The number of carbonyl (C=O) groups excluding carboxylic acids is 1. The van der Waals surface area contributed by atoms with E-state index in [1.54, 1.807) is 4.68 Å². The zero-order chi connectivity index (χ0) is 19.9. The number of aryl methyl sites for hydroxylation is 2. The lowest BCUT2D eigenvalue weighted by Gasteiger charge is -2.08. The van der Waals surface area contributed by atoms with Crippen LogP contribution in [0, 0.1) is 6.92 Å². The van der Waals surface area contributed by atoms with Gasteiger partial charge in [0.05, 0.1) is 23.2 Å². The molecule has 0 aliphatic heterocycles. The van der Waals surface area contributed by atoms with Crippen molar-refractivity contribution >= 4 is 23.7 Å². The molecular formula is C21H21ClN4O2. The number of aromatic nitrogens is 2. The molecule has 0 spiro atoms. The van der Waals surface area contributed by atoms with Gasteiger partial charge in [-0.15, -0.1) is 0 Å². The van der Waals surface area contributed by atoms with Crippen LogP contribution in [0.1, 0.15) is 23.7 Å². The minimum atomic E-state index is -0.355. The maximum absolute atomic E-state index is 12.0. The molecule has 3 rings (SSSR count). The molecule has 1 amide bonds. The predicted octanol–water partition coefficient (Wildman–Crippen LogP) is 3.93. The number of para-hydroxylation sites is 2. The standard InChI is InChI=1S/C21H21ClN4O2/c1-3-16-9-7-8-12-19(16)28-14-20(27)24-23-13-18-15(2)25-26(21(18)22)17-10-5-4-6-11-17/h4-13H,3,14H2,1-2H3,(H,24,27)/b23-13+. The smallest absolute Gasteiger partial charge is 0.277 e. The highest BCUT2D eigenvalue weighted by atomic mass is 35.5. The summed E-state index contributed by atoms with van der Waals surface area (Å²) in [5.74, 6) is 0.346. The van der Waals surface area contributed by atoms with Gasteiger partial charge in [-0.3, -0.25) is 4.79 Å². The van der Waals surface area contributed by atoms with Crippen molar-refractivity contribution in [3.05, 3.63) is 76.6 Å².